The van der Waals surface area contributed by atoms with Crippen LogP contribution >= 0.6 is 11.8 Å². The van der Waals surface area contributed by atoms with Gasteiger partial charge in [-0.05, 0) is 24.6 Å². The number of nitrogens with one attached hydrogen (secondary N) is 1. The van der Waals surface area contributed by atoms with Crippen LogP contribution < -0.4 is 5.32 Å². The molecule has 0 aliphatic rings. The molecule has 1 N–H and O–H groups in total. The Hall–Kier alpha value is -2.07. The van der Waals surface area contributed by atoms with Crippen LogP contribution in [0.15, 0.2) is 70.7 Å². The van der Waals surface area contributed by atoms with Gasteiger partial charge in [-0.25, -0.2) is 0 Å². The third kappa shape index (κ3) is 5.44. The van der Waals surface area contributed by atoms with E-state index in [9.17, 15) is 9.18 Å². The molecule has 2 aromatic rings. The van der Waals surface area contributed by atoms with Crippen molar-refractivity contribution in [1.29, 1.82) is 0 Å². The number of halogens is 1. The number of amides is 1. The number of rotatable bonds is 5. The minimum absolute atomic E-state index is 0.388. The summed E-state index contributed by atoms with van der Waals surface area (Å²) in [4.78, 5) is 12.4. The van der Waals surface area contributed by atoms with Crippen molar-refractivity contribution in [3.63, 3.8) is 0 Å². The van der Waals surface area contributed by atoms with Crippen LogP contribution in [0.2, 0.25) is 0 Å². The van der Waals surface area contributed by atoms with Crippen LogP contribution in [-0.2, 0) is 11.3 Å². The number of thioether (sulfide) groups is 1. The topological polar surface area (TPSA) is 29.1 Å². The van der Waals surface area contributed by atoms with Crippen molar-refractivity contribution in [3.05, 3.63) is 77.0 Å². The first-order chi connectivity index (χ1) is 10.1. The van der Waals surface area contributed by atoms with E-state index in [1.54, 1.807) is 0 Å². The first-order valence-corrected chi connectivity index (χ1v) is 7.38. The van der Waals surface area contributed by atoms with Gasteiger partial charge in [-0.1, -0.05) is 59.8 Å². The van der Waals surface area contributed by atoms with Crippen molar-refractivity contribution in [2.24, 2.45) is 0 Å². The fraction of sp³-hybridized carbons (Fsp3) is 0.118. The van der Waals surface area contributed by atoms with Crippen molar-refractivity contribution in [3.8, 4) is 0 Å². The SMILES string of the molecule is Cc1ccc(SC(F)=CC(=O)NCc2ccccc2)cc1. The van der Waals surface area contributed by atoms with Gasteiger partial charge < -0.3 is 5.32 Å². The number of hydrogen-bond acceptors (Lipinski definition) is 2. The lowest BCUT2D eigenvalue weighted by Gasteiger charge is -2.03. The summed E-state index contributed by atoms with van der Waals surface area (Å²) < 4.78 is 13.7. The molecule has 0 saturated carbocycles. The van der Waals surface area contributed by atoms with Gasteiger partial charge >= 0.3 is 0 Å². The lowest BCUT2D eigenvalue weighted by molar-refractivity contribution is -0.116. The molecular weight excluding hydrogens is 285 g/mol. The number of carbonyl (C=O) groups excluding carboxylic acids is 1. The largest absolute Gasteiger partial charge is 0.348 e. The monoisotopic (exact) mass is 301 g/mol. The van der Waals surface area contributed by atoms with Gasteiger partial charge in [0.1, 0.15) is 0 Å². The highest BCUT2D eigenvalue weighted by molar-refractivity contribution is 8.02. The predicted octanol–water partition coefficient (Wildman–Crippen LogP) is 4.21. The van der Waals surface area contributed by atoms with Gasteiger partial charge in [0.25, 0.3) is 0 Å². The van der Waals surface area contributed by atoms with E-state index >= 15 is 0 Å². The Morgan fingerprint density at radius 2 is 1.81 bits per heavy atom. The van der Waals surface area contributed by atoms with Gasteiger partial charge in [0, 0.05) is 17.5 Å². The predicted molar refractivity (Wildman–Crippen MR) is 84.5 cm³/mol. The molecular formula is C17H16FNOS. The number of aryl methyl sites for hydroxylation is 1. The lowest BCUT2D eigenvalue weighted by atomic mass is 10.2. The maximum Gasteiger partial charge on any atom is 0.247 e. The van der Waals surface area contributed by atoms with E-state index in [0.717, 1.165) is 33.9 Å². The van der Waals surface area contributed by atoms with E-state index in [2.05, 4.69) is 5.32 Å². The molecule has 1 amide bonds. The average Bonchev–Trinajstić information content (AvgIpc) is 2.48. The average molecular weight is 301 g/mol. The molecule has 21 heavy (non-hydrogen) atoms. The molecule has 0 aliphatic heterocycles. The highest BCUT2D eigenvalue weighted by Crippen LogP contribution is 2.27. The van der Waals surface area contributed by atoms with Gasteiger partial charge in [-0.15, -0.1) is 0 Å². The molecule has 2 rings (SSSR count). The van der Waals surface area contributed by atoms with Crippen molar-refractivity contribution < 1.29 is 9.18 Å². The summed E-state index contributed by atoms with van der Waals surface area (Å²) in [5, 5.41) is 2.13. The molecule has 0 heterocycles. The Bertz CT molecular complexity index is 623. The van der Waals surface area contributed by atoms with Crippen LogP contribution in [0.5, 0.6) is 0 Å². The lowest BCUT2D eigenvalue weighted by Crippen LogP contribution is -2.20. The Morgan fingerprint density at radius 3 is 2.48 bits per heavy atom. The molecule has 0 aromatic heterocycles. The summed E-state index contributed by atoms with van der Waals surface area (Å²) in [6.07, 6.45) is 0.980. The van der Waals surface area contributed by atoms with Crippen LogP contribution in [0, 0.1) is 6.92 Å². The van der Waals surface area contributed by atoms with Gasteiger partial charge in [-0.3, -0.25) is 4.79 Å². The standard InChI is InChI=1S/C17H16FNOS/c1-13-7-9-15(10-8-13)21-16(18)11-17(20)19-12-14-5-3-2-4-6-14/h2-11H,12H2,1H3,(H,19,20). The smallest absolute Gasteiger partial charge is 0.247 e. The minimum Gasteiger partial charge on any atom is -0.348 e. The van der Waals surface area contributed by atoms with Gasteiger partial charge in [0.2, 0.25) is 5.91 Å². The second kappa shape index (κ2) is 7.64. The molecule has 108 valence electrons. The van der Waals surface area contributed by atoms with E-state index < -0.39 is 11.1 Å². The Labute approximate surface area is 128 Å². The Kier molecular flexibility index (Phi) is 5.58. The zero-order valence-electron chi connectivity index (χ0n) is 11.7. The highest BCUT2D eigenvalue weighted by Gasteiger charge is 2.04. The molecule has 0 fully saturated rings. The number of benzene rings is 2. The van der Waals surface area contributed by atoms with Gasteiger partial charge in [-0.2, -0.15) is 4.39 Å². The third-order valence-corrected chi connectivity index (χ3v) is 3.61. The van der Waals surface area contributed by atoms with E-state index in [0.29, 0.717) is 6.54 Å². The van der Waals surface area contributed by atoms with Crippen LogP contribution in [0.4, 0.5) is 4.39 Å². The van der Waals surface area contributed by atoms with Crippen LogP contribution in [0.3, 0.4) is 0 Å². The summed E-state index contributed by atoms with van der Waals surface area (Å²) >= 11 is 0.936. The van der Waals surface area contributed by atoms with E-state index in [4.69, 9.17) is 0 Å². The quantitative estimate of drug-likeness (QED) is 0.662. The molecule has 2 aromatic carbocycles. The summed E-state index contributed by atoms with van der Waals surface area (Å²) in [5.41, 5.74) is 2.09. The number of hydrogen-bond donors (Lipinski definition) is 1. The maximum absolute atomic E-state index is 13.7. The van der Waals surface area contributed by atoms with Crippen LogP contribution in [0.1, 0.15) is 11.1 Å². The Morgan fingerprint density at radius 1 is 1.14 bits per heavy atom. The molecule has 0 saturated heterocycles. The molecule has 0 atom stereocenters. The van der Waals surface area contributed by atoms with E-state index in [1.165, 1.54) is 0 Å². The van der Waals surface area contributed by atoms with E-state index in [1.807, 2.05) is 61.5 Å². The van der Waals surface area contributed by atoms with Gasteiger partial charge in [0.15, 0.2) is 5.16 Å². The van der Waals surface area contributed by atoms with Crippen molar-refractivity contribution in [2.75, 3.05) is 0 Å². The van der Waals surface area contributed by atoms with Crippen LogP contribution in [-0.4, -0.2) is 5.91 Å². The molecule has 2 nitrogen and oxygen atoms in total. The molecule has 0 spiro atoms. The van der Waals surface area contributed by atoms with E-state index in [-0.39, 0.29) is 0 Å². The van der Waals surface area contributed by atoms with Gasteiger partial charge in [0.05, 0.1) is 0 Å². The fourth-order valence-electron chi connectivity index (χ4n) is 1.69. The summed E-state index contributed by atoms with van der Waals surface area (Å²) in [7, 11) is 0. The fourth-order valence-corrected chi connectivity index (χ4v) is 2.35. The third-order valence-electron chi connectivity index (χ3n) is 2.79. The zero-order chi connectivity index (χ0) is 15.1. The van der Waals surface area contributed by atoms with Crippen molar-refractivity contribution in [2.45, 2.75) is 18.4 Å². The van der Waals surface area contributed by atoms with Crippen molar-refractivity contribution >= 4 is 17.7 Å². The first kappa shape index (κ1) is 15.3. The maximum atomic E-state index is 13.7. The second-order valence-corrected chi connectivity index (χ2v) is 5.63. The molecule has 0 bridgehead atoms. The highest BCUT2D eigenvalue weighted by atomic mass is 32.2. The zero-order valence-corrected chi connectivity index (χ0v) is 12.5. The second-order valence-electron chi connectivity index (χ2n) is 4.57. The molecule has 0 radical (unpaired) electrons. The summed E-state index contributed by atoms with van der Waals surface area (Å²) in [5.74, 6) is -0.434. The van der Waals surface area contributed by atoms with Crippen LogP contribution in [0.25, 0.3) is 0 Å². The van der Waals surface area contributed by atoms with Crippen molar-refractivity contribution in [1.82, 2.24) is 5.32 Å². The Balaban J connectivity index is 1.86. The number of carbonyl (C=O) groups is 1. The first-order valence-electron chi connectivity index (χ1n) is 6.57. The normalized spacial score (nSPS) is 11.2. The molecule has 4 heteroatoms. The minimum atomic E-state index is -0.524. The summed E-state index contributed by atoms with van der Waals surface area (Å²) in [6.45, 7) is 2.36. The molecule has 0 unspecified atom stereocenters. The molecule has 0 aliphatic carbocycles. The summed E-state index contributed by atoms with van der Waals surface area (Å²) in [6, 6.07) is 17.0.